The number of phenols is 1. The van der Waals surface area contributed by atoms with Crippen LogP contribution >= 0.6 is 0 Å². The molecule has 2 aromatic heterocycles. The molecule has 0 radical (unpaired) electrons. The summed E-state index contributed by atoms with van der Waals surface area (Å²) in [7, 11) is 0. The Morgan fingerprint density at radius 1 is 1.13 bits per heavy atom. The topological polar surface area (TPSA) is 125 Å². The van der Waals surface area contributed by atoms with E-state index in [1.54, 1.807) is 12.3 Å². The highest BCUT2D eigenvalue weighted by Gasteiger charge is 2.42. The van der Waals surface area contributed by atoms with E-state index in [-0.39, 0.29) is 40.8 Å². The number of anilines is 1. The molecule has 8 atom stereocenters. The van der Waals surface area contributed by atoms with E-state index in [1.165, 1.54) is 0 Å². The number of H-pyrrole nitrogens is 1. The van der Waals surface area contributed by atoms with Crippen molar-refractivity contribution in [2.75, 3.05) is 12.3 Å². The van der Waals surface area contributed by atoms with Gasteiger partial charge in [0.15, 0.2) is 11.5 Å². The third-order valence-electron chi connectivity index (χ3n) is 10.7. The molecule has 0 amide bonds. The van der Waals surface area contributed by atoms with Gasteiger partial charge in [0.25, 0.3) is 0 Å². The molecule has 2 heterocycles. The van der Waals surface area contributed by atoms with Crippen molar-refractivity contribution in [1.82, 2.24) is 9.97 Å². The standard InChI is InChI=1S/C38H47N3O4/c1-2-38-15-3-5-26(12-17-38)37(44)36-25(11-16-38)7-8-27(22-33(36)43)28-9-10-32(42)34(23-28)45-20-14-30(21-31-6-4-18-40-31)29-13-19-41-35(39)24-29/h4,6-10,13,18-19,23-27,30,33,36-37,40,42-44H,2-3,5,12,14-15,17,20-22H2,1H3,(H2,39,41). The quantitative estimate of drug-likeness (QED) is 0.140. The molecule has 1 aromatic carbocycles. The lowest BCUT2D eigenvalue weighted by Gasteiger charge is -2.34. The maximum Gasteiger partial charge on any atom is 0.161 e. The third-order valence-corrected chi connectivity index (χ3v) is 10.7. The molecule has 7 nitrogen and oxygen atoms in total. The number of rotatable bonds is 9. The fourth-order valence-electron chi connectivity index (χ4n) is 7.90. The van der Waals surface area contributed by atoms with Crippen LogP contribution in [-0.4, -0.2) is 44.1 Å². The Morgan fingerprint density at radius 2 is 2.02 bits per heavy atom. The number of nitrogen functional groups attached to an aromatic ring is 1. The highest BCUT2D eigenvalue weighted by atomic mass is 16.5. The lowest BCUT2D eigenvalue weighted by Crippen LogP contribution is -2.40. The number of aliphatic hydroxyl groups excluding tert-OH is 2. The lowest BCUT2D eigenvalue weighted by atomic mass is 9.76. The Hall–Kier alpha value is -3.73. The molecule has 6 rings (SSSR count). The molecule has 3 aliphatic carbocycles. The molecule has 3 aromatic rings. The van der Waals surface area contributed by atoms with Crippen LogP contribution in [0.4, 0.5) is 5.82 Å². The minimum Gasteiger partial charge on any atom is -0.504 e. The van der Waals surface area contributed by atoms with Crippen LogP contribution in [0.5, 0.6) is 11.5 Å². The first-order valence-electron chi connectivity index (χ1n) is 16.7. The monoisotopic (exact) mass is 609 g/mol. The van der Waals surface area contributed by atoms with E-state index in [2.05, 4.69) is 47.0 Å². The molecular weight excluding hydrogens is 562 g/mol. The summed E-state index contributed by atoms with van der Waals surface area (Å²) in [6, 6.07) is 13.4. The predicted octanol–water partition coefficient (Wildman–Crippen LogP) is 6.48. The number of aromatic amines is 1. The molecule has 45 heavy (non-hydrogen) atoms. The van der Waals surface area contributed by atoms with Gasteiger partial charge in [-0.3, -0.25) is 0 Å². The molecule has 2 bridgehead atoms. The van der Waals surface area contributed by atoms with E-state index in [0.29, 0.717) is 31.0 Å². The van der Waals surface area contributed by atoms with Gasteiger partial charge in [0.05, 0.1) is 18.8 Å². The Bertz CT molecular complexity index is 1530. The number of hydrogen-bond donors (Lipinski definition) is 5. The van der Waals surface area contributed by atoms with Gasteiger partial charge in [-0.15, -0.1) is 0 Å². The summed E-state index contributed by atoms with van der Waals surface area (Å²) in [6.45, 7) is 2.64. The summed E-state index contributed by atoms with van der Waals surface area (Å²) in [4.78, 5) is 7.44. The largest absolute Gasteiger partial charge is 0.504 e. The Morgan fingerprint density at radius 3 is 2.82 bits per heavy atom. The summed E-state index contributed by atoms with van der Waals surface area (Å²) in [5.74, 6) is 7.93. The summed E-state index contributed by atoms with van der Waals surface area (Å²) < 4.78 is 6.20. The number of aliphatic hydroxyl groups is 2. The first-order valence-corrected chi connectivity index (χ1v) is 16.7. The molecular formula is C38H47N3O4. The number of aromatic hydroxyl groups is 1. The normalized spacial score (nSPS) is 30.0. The molecule has 1 saturated carbocycles. The van der Waals surface area contributed by atoms with Crippen molar-refractivity contribution in [3.05, 3.63) is 83.8 Å². The van der Waals surface area contributed by atoms with Crippen molar-refractivity contribution in [2.24, 2.45) is 23.2 Å². The van der Waals surface area contributed by atoms with Crippen molar-refractivity contribution in [3.8, 4) is 23.3 Å². The van der Waals surface area contributed by atoms with Crippen LogP contribution in [0.2, 0.25) is 0 Å². The van der Waals surface area contributed by atoms with Crippen molar-refractivity contribution >= 4 is 5.82 Å². The minimum atomic E-state index is -0.699. The first-order chi connectivity index (χ1) is 21.8. The maximum atomic E-state index is 11.6. The van der Waals surface area contributed by atoms with Crippen LogP contribution in [0.1, 0.15) is 86.9 Å². The van der Waals surface area contributed by atoms with Crippen LogP contribution in [0, 0.1) is 35.0 Å². The fraction of sp³-hybridized carbons (Fsp3) is 0.500. The summed E-state index contributed by atoms with van der Waals surface area (Å²) in [5, 5.41) is 34.0. The molecule has 0 saturated heterocycles. The molecule has 6 N–H and O–H groups in total. The van der Waals surface area contributed by atoms with E-state index in [9.17, 15) is 15.3 Å². The van der Waals surface area contributed by atoms with E-state index in [4.69, 9.17) is 10.5 Å². The number of phenolic OH excluding ortho intramolecular Hbond substituents is 1. The Labute approximate surface area is 266 Å². The van der Waals surface area contributed by atoms with Gasteiger partial charge in [-0.1, -0.05) is 43.4 Å². The highest BCUT2D eigenvalue weighted by molar-refractivity contribution is 5.44. The summed E-state index contributed by atoms with van der Waals surface area (Å²) in [5.41, 5.74) is 9.19. The van der Waals surface area contributed by atoms with Gasteiger partial charge in [-0.25, -0.2) is 4.98 Å². The first kappa shape index (κ1) is 31.3. The van der Waals surface area contributed by atoms with Crippen LogP contribution in [-0.2, 0) is 6.42 Å². The van der Waals surface area contributed by atoms with E-state index < -0.39 is 12.2 Å². The van der Waals surface area contributed by atoms with Gasteiger partial charge in [0.1, 0.15) is 5.82 Å². The third kappa shape index (κ3) is 7.08. The number of pyridine rings is 1. The van der Waals surface area contributed by atoms with Gasteiger partial charge in [0, 0.05) is 41.3 Å². The number of allylic oxidation sites excluding steroid dienone is 2. The SMILES string of the molecule is CCC12C#CC3C=CC(c4ccc(O)c(OCCC(Cc5ccc[nH]5)c5ccnc(N)c5)c4)CC(O)C3C(O)C(CCC1)CC2. The molecule has 7 heteroatoms. The zero-order valence-electron chi connectivity index (χ0n) is 26.2. The molecule has 0 spiro atoms. The van der Waals surface area contributed by atoms with Crippen molar-refractivity contribution in [2.45, 2.75) is 88.8 Å². The summed E-state index contributed by atoms with van der Waals surface area (Å²) in [6.07, 6.45) is 14.8. The second kappa shape index (κ2) is 13.7. The average molecular weight is 610 g/mol. The van der Waals surface area contributed by atoms with Gasteiger partial charge in [-0.2, -0.15) is 0 Å². The van der Waals surface area contributed by atoms with Crippen molar-refractivity contribution in [3.63, 3.8) is 0 Å². The van der Waals surface area contributed by atoms with E-state index >= 15 is 0 Å². The second-order valence-electron chi connectivity index (χ2n) is 13.5. The summed E-state index contributed by atoms with van der Waals surface area (Å²) >= 11 is 0. The number of nitrogens with one attached hydrogen (secondary N) is 1. The van der Waals surface area contributed by atoms with Gasteiger partial charge < -0.3 is 30.8 Å². The average Bonchev–Trinajstić information content (AvgIpc) is 3.40. The van der Waals surface area contributed by atoms with E-state index in [1.807, 2.05) is 36.5 Å². The highest BCUT2D eigenvalue weighted by Crippen LogP contribution is 2.45. The molecule has 238 valence electrons. The number of nitrogens with two attached hydrogens (primary N) is 1. The molecule has 3 aliphatic rings. The van der Waals surface area contributed by atoms with Gasteiger partial charge >= 0.3 is 0 Å². The number of nitrogens with zero attached hydrogens (tertiary/aromatic N) is 1. The minimum absolute atomic E-state index is 0.0154. The van der Waals surface area contributed by atoms with Gasteiger partial charge in [0.2, 0.25) is 0 Å². The zero-order valence-corrected chi connectivity index (χ0v) is 26.2. The van der Waals surface area contributed by atoms with Crippen molar-refractivity contribution < 1.29 is 20.1 Å². The molecule has 0 aliphatic heterocycles. The van der Waals surface area contributed by atoms with Crippen LogP contribution < -0.4 is 10.5 Å². The van der Waals surface area contributed by atoms with Crippen LogP contribution in [0.15, 0.2) is 67.0 Å². The van der Waals surface area contributed by atoms with Crippen LogP contribution in [0.3, 0.4) is 0 Å². The number of fused-ring (bicyclic) bond motifs is 4. The number of hydrogen-bond acceptors (Lipinski definition) is 6. The number of ether oxygens (including phenoxy) is 1. The fourth-order valence-corrected chi connectivity index (χ4v) is 7.90. The van der Waals surface area contributed by atoms with Gasteiger partial charge in [-0.05, 0) is 111 Å². The van der Waals surface area contributed by atoms with Crippen LogP contribution in [0.25, 0.3) is 0 Å². The zero-order chi connectivity index (χ0) is 31.4. The van der Waals surface area contributed by atoms with Crippen molar-refractivity contribution in [1.29, 1.82) is 0 Å². The maximum absolute atomic E-state index is 11.6. The Kier molecular flexibility index (Phi) is 9.53. The van der Waals surface area contributed by atoms with E-state index in [0.717, 1.165) is 61.8 Å². The lowest BCUT2D eigenvalue weighted by molar-refractivity contribution is -0.0344. The smallest absolute Gasteiger partial charge is 0.161 e. The molecule has 8 unspecified atom stereocenters. The second-order valence-corrected chi connectivity index (χ2v) is 13.5. The molecule has 1 fully saturated rings. The number of benzene rings is 1. The Balaban J connectivity index is 1.19. The predicted molar refractivity (Wildman–Crippen MR) is 177 cm³/mol. The number of aromatic nitrogens is 2.